The molecule has 2 N–H and O–H groups in total. The Morgan fingerprint density at radius 2 is 2.00 bits per heavy atom. The van der Waals surface area contributed by atoms with Crippen LogP contribution in [0.5, 0.6) is 11.5 Å². The normalized spacial score (nSPS) is 21.9. The molecule has 1 aliphatic carbocycles. The summed E-state index contributed by atoms with van der Waals surface area (Å²) >= 11 is 0. The predicted molar refractivity (Wildman–Crippen MR) is 93.1 cm³/mol. The molecule has 2 heterocycles. The van der Waals surface area contributed by atoms with Crippen LogP contribution in [0.15, 0.2) is 34.0 Å². The van der Waals surface area contributed by atoms with Crippen LogP contribution >= 0.6 is 0 Å². The van der Waals surface area contributed by atoms with Crippen LogP contribution in [0.1, 0.15) is 30.3 Å². The van der Waals surface area contributed by atoms with Crippen LogP contribution in [-0.4, -0.2) is 37.6 Å². The Morgan fingerprint density at radius 1 is 1.23 bits per heavy atom. The van der Waals surface area contributed by atoms with Gasteiger partial charge in [0.15, 0.2) is 11.5 Å². The molecule has 138 valence electrons. The lowest BCUT2D eigenvalue weighted by Gasteiger charge is -2.35. The van der Waals surface area contributed by atoms with Gasteiger partial charge in [-0.1, -0.05) is 6.07 Å². The molecule has 4 rings (SSSR count). The Kier molecular flexibility index (Phi) is 4.20. The second kappa shape index (κ2) is 6.40. The topological polar surface area (TPSA) is 110 Å². The molecule has 0 saturated heterocycles. The van der Waals surface area contributed by atoms with E-state index in [1.54, 1.807) is 19.1 Å². The van der Waals surface area contributed by atoms with Crippen molar-refractivity contribution in [3.63, 3.8) is 0 Å². The highest BCUT2D eigenvalue weighted by Gasteiger charge is 2.36. The SMILES string of the molecule is Cc1nc(C2CC(NS(=O)(=O)c3cccc4c3OCCO4)C2)cc(=O)[nH]1. The van der Waals surface area contributed by atoms with Crippen molar-refractivity contribution in [3.05, 3.63) is 46.1 Å². The maximum Gasteiger partial charge on any atom is 0.251 e. The van der Waals surface area contributed by atoms with E-state index in [0.717, 1.165) is 0 Å². The number of sulfonamides is 1. The van der Waals surface area contributed by atoms with E-state index in [2.05, 4.69) is 14.7 Å². The number of aromatic amines is 1. The fourth-order valence-electron chi connectivity index (χ4n) is 3.31. The van der Waals surface area contributed by atoms with Crippen LogP contribution in [0.2, 0.25) is 0 Å². The van der Waals surface area contributed by atoms with Crippen LogP contribution in [0.4, 0.5) is 0 Å². The number of benzene rings is 1. The van der Waals surface area contributed by atoms with Crippen molar-refractivity contribution in [3.8, 4) is 11.5 Å². The number of H-pyrrole nitrogens is 1. The van der Waals surface area contributed by atoms with Crippen LogP contribution in [0, 0.1) is 6.92 Å². The van der Waals surface area contributed by atoms with Gasteiger partial charge in [-0.25, -0.2) is 18.1 Å². The first-order valence-corrected chi connectivity index (χ1v) is 9.89. The number of hydrogen-bond acceptors (Lipinski definition) is 6. The van der Waals surface area contributed by atoms with Gasteiger partial charge in [0.1, 0.15) is 23.9 Å². The van der Waals surface area contributed by atoms with Crippen molar-refractivity contribution in [2.45, 2.75) is 36.6 Å². The number of aromatic nitrogens is 2. The minimum atomic E-state index is -3.73. The van der Waals surface area contributed by atoms with E-state index in [1.807, 2.05) is 0 Å². The van der Waals surface area contributed by atoms with E-state index in [9.17, 15) is 13.2 Å². The van der Waals surface area contributed by atoms with Crippen LogP contribution in [0.3, 0.4) is 0 Å². The minimum Gasteiger partial charge on any atom is -0.486 e. The zero-order valence-electron chi connectivity index (χ0n) is 14.2. The van der Waals surface area contributed by atoms with Gasteiger partial charge in [-0.05, 0) is 31.9 Å². The van der Waals surface area contributed by atoms with Crippen molar-refractivity contribution < 1.29 is 17.9 Å². The van der Waals surface area contributed by atoms with E-state index in [-0.39, 0.29) is 28.2 Å². The molecule has 0 amide bonds. The third-order valence-electron chi connectivity index (χ3n) is 4.58. The van der Waals surface area contributed by atoms with E-state index in [0.29, 0.717) is 43.3 Å². The van der Waals surface area contributed by atoms with Gasteiger partial charge in [0.25, 0.3) is 5.56 Å². The van der Waals surface area contributed by atoms with Gasteiger partial charge < -0.3 is 14.5 Å². The summed E-state index contributed by atoms with van der Waals surface area (Å²) in [5.74, 6) is 1.33. The lowest BCUT2D eigenvalue weighted by atomic mass is 9.78. The fraction of sp³-hybridized carbons (Fsp3) is 0.412. The molecule has 1 fully saturated rings. The highest BCUT2D eigenvalue weighted by molar-refractivity contribution is 7.89. The summed E-state index contributed by atoms with van der Waals surface area (Å²) in [4.78, 5) is 18.6. The molecular formula is C17H19N3O5S. The largest absolute Gasteiger partial charge is 0.486 e. The molecule has 2 aromatic rings. The van der Waals surface area contributed by atoms with Crippen molar-refractivity contribution in [1.82, 2.24) is 14.7 Å². The number of hydrogen-bond donors (Lipinski definition) is 2. The number of nitrogens with zero attached hydrogens (tertiary/aromatic N) is 1. The number of aryl methyl sites for hydroxylation is 1. The van der Waals surface area contributed by atoms with E-state index >= 15 is 0 Å². The zero-order valence-corrected chi connectivity index (χ0v) is 15.0. The quantitative estimate of drug-likeness (QED) is 0.825. The molecule has 0 spiro atoms. The average molecular weight is 377 g/mol. The third-order valence-corrected chi connectivity index (χ3v) is 6.12. The summed E-state index contributed by atoms with van der Waals surface area (Å²) in [7, 11) is -3.73. The van der Waals surface area contributed by atoms with Crippen LogP contribution in [-0.2, 0) is 10.0 Å². The summed E-state index contributed by atoms with van der Waals surface area (Å²) in [5.41, 5.74) is 0.514. The predicted octanol–water partition coefficient (Wildman–Crippen LogP) is 1.07. The van der Waals surface area contributed by atoms with Gasteiger partial charge in [0.05, 0.1) is 5.69 Å². The molecule has 0 bridgehead atoms. The molecule has 9 heteroatoms. The molecule has 8 nitrogen and oxygen atoms in total. The second-order valence-corrected chi connectivity index (χ2v) is 8.20. The van der Waals surface area contributed by atoms with Crippen molar-refractivity contribution in [2.75, 3.05) is 13.2 Å². The Bertz CT molecular complexity index is 996. The number of para-hydroxylation sites is 1. The summed E-state index contributed by atoms with van der Waals surface area (Å²) in [6.07, 6.45) is 1.20. The molecule has 0 radical (unpaired) electrons. The first-order valence-electron chi connectivity index (χ1n) is 8.41. The summed E-state index contributed by atoms with van der Waals surface area (Å²) in [5, 5.41) is 0. The van der Waals surface area contributed by atoms with Crippen LogP contribution in [0.25, 0.3) is 0 Å². The molecule has 1 saturated carbocycles. The molecule has 0 atom stereocenters. The maximum atomic E-state index is 12.7. The molecular weight excluding hydrogens is 358 g/mol. The van der Waals surface area contributed by atoms with Crippen molar-refractivity contribution >= 4 is 10.0 Å². The fourth-order valence-corrected chi connectivity index (χ4v) is 4.73. The van der Waals surface area contributed by atoms with E-state index < -0.39 is 10.0 Å². The summed E-state index contributed by atoms with van der Waals surface area (Å²) in [6.45, 7) is 2.44. The Hall–Kier alpha value is -2.39. The molecule has 1 aromatic heterocycles. The first-order chi connectivity index (χ1) is 12.4. The minimum absolute atomic E-state index is 0.0768. The molecule has 0 unspecified atom stereocenters. The summed E-state index contributed by atoms with van der Waals surface area (Å²) < 4.78 is 39.1. The summed E-state index contributed by atoms with van der Waals surface area (Å²) in [6, 6.07) is 6.10. The van der Waals surface area contributed by atoms with Gasteiger partial charge in [0.2, 0.25) is 10.0 Å². The maximum absolute atomic E-state index is 12.7. The van der Waals surface area contributed by atoms with E-state index in [4.69, 9.17) is 9.47 Å². The Morgan fingerprint density at radius 3 is 2.77 bits per heavy atom. The van der Waals surface area contributed by atoms with Crippen molar-refractivity contribution in [1.29, 1.82) is 0 Å². The molecule has 1 aliphatic heterocycles. The highest BCUT2D eigenvalue weighted by atomic mass is 32.2. The zero-order chi connectivity index (χ0) is 18.3. The number of rotatable bonds is 4. The first kappa shape index (κ1) is 17.0. The average Bonchev–Trinajstić information content (AvgIpc) is 2.56. The standard InChI is InChI=1S/C17H19N3O5S/c1-10-18-13(9-16(21)19-10)11-7-12(8-11)20-26(22,23)15-4-2-3-14-17(15)25-6-5-24-14/h2-4,9,11-12,20H,5-8H2,1H3,(H,18,19,21). The van der Waals surface area contributed by atoms with Crippen molar-refractivity contribution in [2.24, 2.45) is 0 Å². The second-order valence-electron chi connectivity index (χ2n) is 6.52. The van der Waals surface area contributed by atoms with Crippen LogP contribution < -0.4 is 19.8 Å². The number of ether oxygens (including phenoxy) is 2. The third kappa shape index (κ3) is 3.19. The van der Waals surface area contributed by atoms with Gasteiger partial charge in [0, 0.05) is 18.0 Å². The molecule has 26 heavy (non-hydrogen) atoms. The van der Waals surface area contributed by atoms with Gasteiger partial charge in [-0.3, -0.25) is 4.79 Å². The lowest BCUT2D eigenvalue weighted by molar-refractivity contribution is 0.167. The monoisotopic (exact) mass is 377 g/mol. The lowest BCUT2D eigenvalue weighted by Crippen LogP contribution is -2.43. The Labute approximate surface area is 150 Å². The van der Waals surface area contributed by atoms with E-state index in [1.165, 1.54) is 12.1 Å². The Balaban J connectivity index is 1.48. The smallest absolute Gasteiger partial charge is 0.251 e. The highest BCUT2D eigenvalue weighted by Crippen LogP contribution is 2.39. The molecule has 2 aliphatic rings. The van der Waals surface area contributed by atoms with Gasteiger partial charge in [-0.2, -0.15) is 0 Å². The van der Waals surface area contributed by atoms with Gasteiger partial charge in [-0.15, -0.1) is 0 Å². The molecule has 1 aromatic carbocycles. The van der Waals surface area contributed by atoms with Gasteiger partial charge >= 0.3 is 0 Å². The number of nitrogens with one attached hydrogen (secondary N) is 2. The number of fused-ring (bicyclic) bond motifs is 1.